The van der Waals surface area contributed by atoms with Crippen molar-refractivity contribution >= 4 is 0 Å². The molecule has 0 heterocycles. The fourth-order valence-corrected chi connectivity index (χ4v) is 7.42. The summed E-state index contributed by atoms with van der Waals surface area (Å²) in [6.07, 6.45) is 18.9. The predicted molar refractivity (Wildman–Crippen MR) is 124 cm³/mol. The maximum Gasteiger partial charge on any atom is 0.103 e. The lowest BCUT2D eigenvalue weighted by Crippen LogP contribution is -2.45. The van der Waals surface area contributed by atoms with Crippen LogP contribution in [0.1, 0.15) is 80.1 Å². The summed E-state index contributed by atoms with van der Waals surface area (Å²) < 4.78 is 0. The first-order chi connectivity index (χ1) is 13.7. The molecule has 1 N–H and O–H groups in total. The Morgan fingerprint density at radius 1 is 0.966 bits per heavy atom. The van der Waals surface area contributed by atoms with E-state index >= 15 is 0 Å². The maximum atomic E-state index is 10.9. The minimum Gasteiger partial charge on any atom is -0.511 e. The molecule has 160 valence electrons. The van der Waals surface area contributed by atoms with Gasteiger partial charge in [0.1, 0.15) is 5.76 Å². The number of aliphatic hydroxyl groups excluding tert-OH is 1. The van der Waals surface area contributed by atoms with Gasteiger partial charge >= 0.3 is 0 Å². The maximum absolute atomic E-state index is 10.9. The fraction of sp³-hybridized carbons (Fsp3) is 0.714. The van der Waals surface area contributed by atoms with Gasteiger partial charge in [-0.15, -0.1) is 0 Å². The lowest BCUT2D eigenvalue weighted by molar-refractivity contribution is 0.0520. The summed E-state index contributed by atoms with van der Waals surface area (Å²) in [5.74, 6) is 5.03. The average molecular weight is 395 g/mol. The third-order valence-electron chi connectivity index (χ3n) is 9.90. The van der Waals surface area contributed by atoms with Crippen molar-refractivity contribution in [1.29, 1.82) is 0 Å². The van der Waals surface area contributed by atoms with Gasteiger partial charge in [-0.3, -0.25) is 0 Å². The number of fused-ring (bicyclic) bond motifs is 5. The number of hydrogen-bond acceptors (Lipinski definition) is 1. The molecule has 0 unspecified atom stereocenters. The number of rotatable bonds is 5. The monoisotopic (exact) mass is 394 g/mol. The van der Waals surface area contributed by atoms with Gasteiger partial charge in [0, 0.05) is 0 Å². The summed E-state index contributed by atoms with van der Waals surface area (Å²) in [5, 5.41) is 10.9. The first-order valence-corrected chi connectivity index (χ1v) is 12.2. The summed E-state index contributed by atoms with van der Waals surface area (Å²) in [7, 11) is 0. The zero-order valence-corrected chi connectivity index (χ0v) is 19.5. The van der Waals surface area contributed by atoms with Gasteiger partial charge < -0.3 is 5.11 Å². The van der Waals surface area contributed by atoms with Gasteiger partial charge in [-0.25, -0.2) is 0 Å². The Morgan fingerprint density at radius 2 is 1.72 bits per heavy atom. The summed E-state index contributed by atoms with van der Waals surface area (Å²) in [4.78, 5) is 0. The Morgan fingerprint density at radius 3 is 2.45 bits per heavy atom. The van der Waals surface area contributed by atoms with E-state index in [9.17, 15) is 5.11 Å². The van der Waals surface area contributed by atoms with Crippen molar-refractivity contribution in [3.63, 3.8) is 0 Å². The van der Waals surface area contributed by atoms with Crippen molar-refractivity contribution in [2.75, 3.05) is 0 Å². The van der Waals surface area contributed by atoms with Crippen molar-refractivity contribution in [3.05, 3.63) is 47.3 Å². The topological polar surface area (TPSA) is 20.2 Å². The fourth-order valence-electron chi connectivity index (χ4n) is 7.42. The van der Waals surface area contributed by atoms with Crippen molar-refractivity contribution in [2.45, 2.75) is 80.1 Å². The molecular weight excluding hydrogens is 352 g/mol. The summed E-state index contributed by atoms with van der Waals surface area (Å²) in [5.41, 5.74) is 3.16. The Hall–Kier alpha value is -1.24. The Bertz CT molecular complexity index is 765. The van der Waals surface area contributed by atoms with Crippen LogP contribution in [0.25, 0.3) is 0 Å². The third-order valence-corrected chi connectivity index (χ3v) is 9.90. The Kier molecular flexibility index (Phi) is 5.41. The molecule has 0 aromatic rings. The van der Waals surface area contributed by atoms with Crippen LogP contribution in [0.3, 0.4) is 0 Å². The Balaban J connectivity index is 1.56. The zero-order chi connectivity index (χ0) is 21.0. The molecule has 1 nitrogen and oxygen atoms in total. The second-order valence-corrected chi connectivity index (χ2v) is 11.5. The van der Waals surface area contributed by atoms with Gasteiger partial charge in [-0.1, -0.05) is 77.3 Å². The highest BCUT2D eigenvalue weighted by Gasteiger charge is 2.57. The lowest BCUT2D eigenvalue weighted by Gasteiger charge is -2.53. The van der Waals surface area contributed by atoms with Crippen LogP contribution in [0.4, 0.5) is 0 Å². The molecule has 7 atom stereocenters. The van der Waals surface area contributed by atoms with Gasteiger partial charge in [0.05, 0.1) is 5.41 Å². The summed E-state index contributed by atoms with van der Waals surface area (Å²) in [6.45, 7) is 14.6. The van der Waals surface area contributed by atoms with Gasteiger partial charge in [-0.05, 0) is 85.2 Å². The second-order valence-electron chi connectivity index (χ2n) is 11.5. The van der Waals surface area contributed by atoms with Gasteiger partial charge in [0.15, 0.2) is 0 Å². The van der Waals surface area contributed by atoms with Crippen molar-refractivity contribution in [3.8, 4) is 0 Å². The molecule has 0 aromatic heterocycles. The van der Waals surface area contributed by atoms with Crippen LogP contribution >= 0.6 is 0 Å². The number of aliphatic hydroxyl groups is 1. The third kappa shape index (κ3) is 3.19. The molecule has 4 aliphatic rings. The molecule has 2 saturated carbocycles. The normalized spacial score (nSPS) is 40.4. The van der Waals surface area contributed by atoms with E-state index in [0.717, 1.165) is 23.7 Å². The number of hydrogen-bond donors (Lipinski definition) is 1. The van der Waals surface area contributed by atoms with E-state index in [4.69, 9.17) is 0 Å². The van der Waals surface area contributed by atoms with Crippen LogP contribution < -0.4 is 0 Å². The molecule has 0 saturated heterocycles. The largest absolute Gasteiger partial charge is 0.511 e. The molecule has 4 rings (SSSR count). The van der Waals surface area contributed by atoms with Crippen molar-refractivity contribution < 1.29 is 5.11 Å². The minimum atomic E-state index is -0.212. The highest BCUT2D eigenvalue weighted by Crippen LogP contribution is 2.65. The standard InChI is InChI=1S/C28H42O/c1-18(2)19(3)10-11-20(4)23-14-15-24-22-13-12-21-8-7-9-26(29)28(21,6)25(22)16-17-27(23,24)5/h7-9,12-13,18-20,23-25,29H,10-11,14-17H2,1-6H3/t19-,20+,23+,24-,25-,27+,28-/m0/s1. The van der Waals surface area contributed by atoms with Crippen molar-refractivity contribution in [2.24, 2.45) is 46.3 Å². The van der Waals surface area contributed by atoms with E-state index in [-0.39, 0.29) is 5.41 Å². The van der Waals surface area contributed by atoms with E-state index < -0.39 is 0 Å². The van der Waals surface area contributed by atoms with E-state index in [1.165, 1.54) is 44.1 Å². The Labute approximate surface area is 179 Å². The van der Waals surface area contributed by atoms with E-state index in [1.807, 2.05) is 12.2 Å². The molecule has 29 heavy (non-hydrogen) atoms. The molecule has 0 bridgehead atoms. The summed E-state index contributed by atoms with van der Waals surface area (Å²) in [6, 6.07) is 0. The zero-order valence-electron chi connectivity index (χ0n) is 19.5. The minimum absolute atomic E-state index is 0.212. The smallest absolute Gasteiger partial charge is 0.103 e. The van der Waals surface area contributed by atoms with Crippen LogP contribution in [-0.4, -0.2) is 5.11 Å². The molecule has 4 aliphatic carbocycles. The van der Waals surface area contributed by atoms with Crippen LogP contribution in [0, 0.1) is 46.3 Å². The summed E-state index contributed by atoms with van der Waals surface area (Å²) >= 11 is 0. The van der Waals surface area contributed by atoms with E-state index in [1.54, 1.807) is 5.57 Å². The van der Waals surface area contributed by atoms with Crippen LogP contribution in [0.2, 0.25) is 0 Å². The van der Waals surface area contributed by atoms with Crippen LogP contribution in [0.15, 0.2) is 47.3 Å². The molecule has 2 fully saturated rings. The molecule has 0 aliphatic heterocycles. The quantitative estimate of drug-likeness (QED) is 0.500. The molecule has 0 aromatic carbocycles. The van der Waals surface area contributed by atoms with Crippen LogP contribution in [-0.2, 0) is 0 Å². The van der Waals surface area contributed by atoms with E-state index in [2.05, 4.69) is 59.8 Å². The lowest BCUT2D eigenvalue weighted by atomic mass is 9.51. The van der Waals surface area contributed by atoms with E-state index in [0.29, 0.717) is 23.0 Å². The van der Waals surface area contributed by atoms with Gasteiger partial charge in [-0.2, -0.15) is 0 Å². The molecule has 1 heteroatoms. The predicted octanol–water partition coefficient (Wildman–Crippen LogP) is 8.02. The van der Waals surface area contributed by atoms with Gasteiger partial charge in [0.25, 0.3) is 0 Å². The first-order valence-electron chi connectivity index (χ1n) is 12.2. The number of allylic oxidation sites excluding steroid dienone is 7. The molecule has 0 spiro atoms. The highest BCUT2D eigenvalue weighted by molar-refractivity contribution is 5.49. The average Bonchev–Trinajstić information content (AvgIpc) is 3.04. The molecular formula is C28H42O. The first kappa shape index (κ1) is 21.0. The van der Waals surface area contributed by atoms with Gasteiger partial charge in [0.2, 0.25) is 0 Å². The highest BCUT2D eigenvalue weighted by atomic mass is 16.3. The van der Waals surface area contributed by atoms with Crippen LogP contribution in [0.5, 0.6) is 0 Å². The second kappa shape index (κ2) is 7.47. The van der Waals surface area contributed by atoms with Crippen molar-refractivity contribution in [1.82, 2.24) is 0 Å². The molecule has 0 amide bonds. The molecule has 0 radical (unpaired) electrons. The SMILES string of the molecule is CC(C)[C@@H](C)CC[C@@H](C)[C@H]1CC[C@H]2C3=CC=C4C=CC=C(O)[C@]4(C)[C@H]3CC[C@]12C.